The summed E-state index contributed by atoms with van der Waals surface area (Å²) in [7, 11) is 1.61. The van der Waals surface area contributed by atoms with Gasteiger partial charge in [0.2, 0.25) is 5.91 Å². The number of ether oxygens (including phenoxy) is 2. The fraction of sp³-hybridized carbons (Fsp3) is 0.333. The SMILES string of the molecule is COc1cccc(CN(C(=O)COc2ccc(C)cc2)C(Cc2ccccc2)C(=O)NCC(C)C)c1. The Morgan fingerprint density at radius 1 is 0.889 bits per heavy atom. The molecule has 0 bridgehead atoms. The minimum absolute atomic E-state index is 0.171. The Morgan fingerprint density at radius 2 is 1.58 bits per heavy atom. The lowest BCUT2D eigenvalue weighted by Gasteiger charge is -2.31. The number of methoxy groups -OCH3 is 1. The smallest absolute Gasteiger partial charge is 0.261 e. The molecule has 36 heavy (non-hydrogen) atoms. The molecule has 1 N–H and O–H groups in total. The Balaban J connectivity index is 1.90. The van der Waals surface area contributed by atoms with Crippen molar-refractivity contribution in [1.29, 1.82) is 0 Å². The Kier molecular flexibility index (Phi) is 9.92. The van der Waals surface area contributed by atoms with Crippen molar-refractivity contribution >= 4 is 11.8 Å². The topological polar surface area (TPSA) is 67.9 Å². The van der Waals surface area contributed by atoms with Crippen LogP contribution in [0.1, 0.15) is 30.5 Å². The number of benzene rings is 3. The predicted octanol–water partition coefficient (Wildman–Crippen LogP) is 4.79. The van der Waals surface area contributed by atoms with Gasteiger partial charge in [-0.2, -0.15) is 0 Å². The van der Waals surface area contributed by atoms with E-state index in [1.54, 1.807) is 12.0 Å². The van der Waals surface area contributed by atoms with Crippen LogP contribution >= 0.6 is 0 Å². The zero-order chi connectivity index (χ0) is 25.9. The molecule has 0 saturated heterocycles. The highest BCUT2D eigenvalue weighted by Gasteiger charge is 2.30. The van der Waals surface area contributed by atoms with Gasteiger partial charge in [-0.3, -0.25) is 9.59 Å². The molecule has 3 rings (SSSR count). The summed E-state index contributed by atoms with van der Waals surface area (Å²) in [6, 6.07) is 24.1. The van der Waals surface area contributed by atoms with Gasteiger partial charge >= 0.3 is 0 Å². The van der Waals surface area contributed by atoms with Gasteiger partial charge in [-0.25, -0.2) is 0 Å². The summed E-state index contributed by atoms with van der Waals surface area (Å²) in [6.45, 7) is 6.69. The van der Waals surface area contributed by atoms with Gasteiger partial charge in [-0.1, -0.05) is 74.0 Å². The number of nitrogens with zero attached hydrogens (tertiary/aromatic N) is 1. The average molecular weight is 489 g/mol. The van der Waals surface area contributed by atoms with E-state index >= 15 is 0 Å². The van der Waals surface area contributed by atoms with Gasteiger partial charge in [0, 0.05) is 19.5 Å². The Bertz CT molecular complexity index is 1110. The molecular formula is C30H36N2O4. The number of carbonyl (C=O) groups excluding carboxylic acids is 2. The number of nitrogens with one attached hydrogen (secondary N) is 1. The lowest BCUT2D eigenvalue weighted by atomic mass is 10.0. The molecule has 1 unspecified atom stereocenters. The summed E-state index contributed by atoms with van der Waals surface area (Å²) < 4.78 is 11.2. The van der Waals surface area contributed by atoms with E-state index in [-0.39, 0.29) is 25.0 Å². The standard InChI is InChI=1S/C30H36N2O4/c1-22(2)19-31-30(34)28(18-24-9-6-5-7-10-24)32(20-25-11-8-12-27(17-25)35-4)29(33)21-36-26-15-13-23(3)14-16-26/h5-17,22,28H,18-21H2,1-4H3,(H,31,34). The lowest BCUT2D eigenvalue weighted by molar-refractivity contribution is -0.142. The highest BCUT2D eigenvalue weighted by Crippen LogP contribution is 2.19. The molecule has 0 spiro atoms. The van der Waals surface area contributed by atoms with Crippen molar-refractivity contribution < 1.29 is 19.1 Å². The minimum Gasteiger partial charge on any atom is -0.497 e. The van der Waals surface area contributed by atoms with Gasteiger partial charge in [0.15, 0.2) is 6.61 Å². The van der Waals surface area contributed by atoms with Crippen LogP contribution in [-0.2, 0) is 22.6 Å². The molecule has 190 valence electrons. The Morgan fingerprint density at radius 3 is 2.25 bits per heavy atom. The van der Waals surface area contributed by atoms with Crippen LogP contribution < -0.4 is 14.8 Å². The third-order valence-corrected chi connectivity index (χ3v) is 5.83. The summed E-state index contributed by atoms with van der Waals surface area (Å²) in [5.74, 6) is 1.15. The first-order chi connectivity index (χ1) is 17.4. The summed E-state index contributed by atoms with van der Waals surface area (Å²) in [4.78, 5) is 28.7. The van der Waals surface area contributed by atoms with E-state index in [1.165, 1.54) is 0 Å². The minimum atomic E-state index is -0.702. The molecule has 0 heterocycles. The molecule has 0 radical (unpaired) electrons. The first-order valence-corrected chi connectivity index (χ1v) is 12.3. The van der Waals surface area contributed by atoms with Gasteiger partial charge in [0.05, 0.1) is 7.11 Å². The molecule has 0 aliphatic carbocycles. The molecule has 6 nitrogen and oxygen atoms in total. The van der Waals surface area contributed by atoms with Crippen molar-refractivity contribution in [3.05, 3.63) is 95.6 Å². The van der Waals surface area contributed by atoms with Gasteiger partial charge in [-0.15, -0.1) is 0 Å². The van der Waals surface area contributed by atoms with Crippen LogP contribution in [0.3, 0.4) is 0 Å². The van der Waals surface area contributed by atoms with Crippen LogP contribution in [0.4, 0.5) is 0 Å². The number of aryl methyl sites for hydroxylation is 1. The van der Waals surface area contributed by atoms with Crippen LogP contribution in [0.15, 0.2) is 78.9 Å². The first-order valence-electron chi connectivity index (χ1n) is 12.3. The molecule has 0 fully saturated rings. The number of rotatable bonds is 12. The molecule has 1 atom stereocenters. The molecule has 3 aromatic carbocycles. The summed E-state index contributed by atoms with van der Waals surface area (Å²) in [6.07, 6.45) is 0.394. The molecule has 6 heteroatoms. The van der Waals surface area contributed by atoms with E-state index in [1.807, 2.05) is 99.6 Å². The van der Waals surface area contributed by atoms with Crippen molar-refractivity contribution in [2.75, 3.05) is 20.3 Å². The van der Waals surface area contributed by atoms with Crippen LogP contribution in [0.5, 0.6) is 11.5 Å². The van der Waals surface area contributed by atoms with E-state index < -0.39 is 6.04 Å². The Labute approximate surface area is 214 Å². The van der Waals surface area contributed by atoms with E-state index in [0.29, 0.717) is 30.4 Å². The molecule has 0 aromatic heterocycles. The molecule has 0 saturated carbocycles. The van der Waals surface area contributed by atoms with Crippen LogP contribution in [0, 0.1) is 12.8 Å². The molecule has 3 aromatic rings. The number of hydrogen-bond acceptors (Lipinski definition) is 4. The fourth-order valence-corrected chi connectivity index (χ4v) is 3.81. The van der Waals surface area contributed by atoms with Crippen LogP contribution in [-0.4, -0.2) is 43.0 Å². The van der Waals surface area contributed by atoms with Crippen LogP contribution in [0.2, 0.25) is 0 Å². The highest BCUT2D eigenvalue weighted by atomic mass is 16.5. The monoisotopic (exact) mass is 488 g/mol. The molecule has 0 aliphatic heterocycles. The maximum atomic E-state index is 13.6. The van der Waals surface area contributed by atoms with E-state index in [2.05, 4.69) is 5.32 Å². The van der Waals surface area contributed by atoms with Gasteiger partial charge in [0.25, 0.3) is 5.91 Å². The fourth-order valence-electron chi connectivity index (χ4n) is 3.81. The third kappa shape index (κ3) is 8.15. The summed E-state index contributed by atoms with van der Waals surface area (Å²) >= 11 is 0. The maximum absolute atomic E-state index is 13.6. The number of amides is 2. The summed E-state index contributed by atoms with van der Waals surface area (Å²) in [5.41, 5.74) is 2.95. The van der Waals surface area contributed by atoms with Crippen molar-refractivity contribution in [3.63, 3.8) is 0 Å². The number of carbonyl (C=O) groups is 2. The van der Waals surface area contributed by atoms with E-state index in [9.17, 15) is 9.59 Å². The van der Waals surface area contributed by atoms with Crippen molar-refractivity contribution in [1.82, 2.24) is 10.2 Å². The molecular weight excluding hydrogens is 452 g/mol. The Hall–Kier alpha value is -3.80. The quantitative estimate of drug-likeness (QED) is 0.398. The lowest BCUT2D eigenvalue weighted by Crippen LogP contribution is -2.52. The van der Waals surface area contributed by atoms with Crippen molar-refractivity contribution in [3.8, 4) is 11.5 Å². The second-order valence-electron chi connectivity index (χ2n) is 9.32. The normalized spacial score (nSPS) is 11.6. The van der Waals surface area contributed by atoms with Crippen molar-refractivity contribution in [2.24, 2.45) is 5.92 Å². The molecule has 0 aliphatic rings. The second-order valence-corrected chi connectivity index (χ2v) is 9.32. The zero-order valence-electron chi connectivity index (χ0n) is 21.6. The van der Waals surface area contributed by atoms with Crippen molar-refractivity contribution in [2.45, 2.75) is 39.8 Å². The van der Waals surface area contributed by atoms with Gasteiger partial charge in [0.1, 0.15) is 17.5 Å². The third-order valence-electron chi connectivity index (χ3n) is 5.83. The van der Waals surface area contributed by atoms with Gasteiger partial charge < -0.3 is 19.7 Å². The largest absolute Gasteiger partial charge is 0.497 e. The zero-order valence-corrected chi connectivity index (χ0v) is 21.6. The highest BCUT2D eigenvalue weighted by molar-refractivity contribution is 5.88. The van der Waals surface area contributed by atoms with E-state index in [4.69, 9.17) is 9.47 Å². The van der Waals surface area contributed by atoms with E-state index in [0.717, 1.165) is 16.7 Å². The predicted molar refractivity (Wildman–Crippen MR) is 142 cm³/mol. The van der Waals surface area contributed by atoms with Gasteiger partial charge in [-0.05, 0) is 48.2 Å². The first kappa shape index (κ1) is 26.8. The number of hydrogen-bond donors (Lipinski definition) is 1. The average Bonchev–Trinajstić information content (AvgIpc) is 2.89. The van der Waals surface area contributed by atoms with Crippen LogP contribution in [0.25, 0.3) is 0 Å². The maximum Gasteiger partial charge on any atom is 0.261 e. The second kappa shape index (κ2) is 13.3. The summed E-state index contributed by atoms with van der Waals surface area (Å²) in [5, 5.41) is 3.03. The molecule has 2 amide bonds.